The van der Waals surface area contributed by atoms with Crippen molar-refractivity contribution in [2.75, 3.05) is 13.6 Å². The molecule has 0 fully saturated rings. The van der Waals surface area contributed by atoms with Gasteiger partial charge in [0.05, 0.1) is 0 Å². The minimum atomic E-state index is -1.00. The van der Waals surface area contributed by atoms with Crippen molar-refractivity contribution < 1.29 is 14.7 Å². The highest BCUT2D eigenvalue weighted by Gasteiger charge is 2.10. The summed E-state index contributed by atoms with van der Waals surface area (Å²) < 4.78 is 0. The van der Waals surface area contributed by atoms with Crippen LogP contribution in [0.15, 0.2) is 30.3 Å². The van der Waals surface area contributed by atoms with Gasteiger partial charge in [-0.25, -0.2) is 4.79 Å². The molecule has 1 aromatic rings. The van der Waals surface area contributed by atoms with E-state index in [9.17, 15) is 9.59 Å². The van der Waals surface area contributed by atoms with E-state index in [0.29, 0.717) is 11.1 Å². The first-order valence-electron chi connectivity index (χ1n) is 6.31. The van der Waals surface area contributed by atoms with Crippen LogP contribution in [-0.2, 0) is 4.79 Å². The molecular formula is C15H19NO3. The molecule has 0 aliphatic rings. The predicted molar refractivity (Wildman–Crippen MR) is 75.0 cm³/mol. The van der Waals surface area contributed by atoms with Crippen LogP contribution in [0.25, 0.3) is 6.08 Å². The van der Waals surface area contributed by atoms with Crippen LogP contribution >= 0.6 is 0 Å². The molecule has 0 aliphatic heterocycles. The second-order valence-electron chi connectivity index (χ2n) is 4.38. The van der Waals surface area contributed by atoms with Gasteiger partial charge < -0.3 is 10.0 Å². The minimum absolute atomic E-state index is 0.0426. The number of hydrogen-bond donors (Lipinski definition) is 1. The third kappa shape index (κ3) is 4.95. The zero-order chi connectivity index (χ0) is 14.3. The van der Waals surface area contributed by atoms with Crippen LogP contribution in [0.2, 0.25) is 0 Å². The predicted octanol–water partition coefficient (Wildman–Crippen LogP) is 2.66. The zero-order valence-electron chi connectivity index (χ0n) is 11.3. The first-order chi connectivity index (χ1) is 9.04. The summed E-state index contributed by atoms with van der Waals surface area (Å²) in [5, 5.41) is 8.58. The van der Waals surface area contributed by atoms with E-state index < -0.39 is 5.97 Å². The SMILES string of the molecule is CCCCN(C)C(=O)c1cccc(C=CC(=O)O)c1. The quantitative estimate of drug-likeness (QED) is 0.801. The van der Waals surface area contributed by atoms with Gasteiger partial charge in [0.2, 0.25) is 0 Å². The molecule has 1 N–H and O–H groups in total. The highest BCUT2D eigenvalue weighted by atomic mass is 16.4. The summed E-state index contributed by atoms with van der Waals surface area (Å²) in [4.78, 5) is 24.3. The summed E-state index contributed by atoms with van der Waals surface area (Å²) in [5.41, 5.74) is 1.28. The molecule has 1 aromatic carbocycles. The van der Waals surface area contributed by atoms with Crippen LogP contribution in [-0.4, -0.2) is 35.5 Å². The molecule has 0 aliphatic carbocycles. The monoisotopic (exact) mass is 261 g/mol. The summed E-state index contributed by atoms with van der Waals surface area (Å²) in [5.74, 6) is -1.05. The van der Waals surface area contributed by atoms with E-state index in [0.717, 1.165) is 25.5 Å². The number of amides is 1. The Morgan fingerprint density at radius 3 is 2.74 bits per heavy atom. The molecule has 0 saturated carbocycles. The van der Waals surface area contributed by atoms with E-state index in [-0.39, 0.29) is 5.91 Å². The molecule has 0 bridgehead atoms. The Balaban J connectivity index is 2.80. The Morgan fingerprint density at radius 1 is 1.37 bits per heavy atom. The number of hydrogen-bond acceptors (Lipinski definition) is 2. The molecule has 1 amide bonds. The lowest BCUT2D eigenvalue weighted by Gasteiger charge is -2.16. The number of carbonyl (C=O) groups is 2. The highest BCUT2D eigenvalue weighted by molar-refractivity contribution is 5.95. The van der Waals surface area contributed by atoms with Gasteiger partial charge in [-0.15, -0.1) is 0 Å². The Hall–Kier alpha value is -2.10. The average Bonchev–Trinajstić information content (AvgIpc) is 2.42. The topological polar surface area (TPSA) is 57.6 Å². The molecule has 0 atom stereocenters. The third-order valence-corrected chi connectivity index (χ3v) is 2.75. The van der Waals surface area contributed by atoms with E-state index in [1.165, 1.54) is 6.08 Å². The van der Waals surface area contributed by atoms with Gasteiger partial charge in [-0.05, 0) is 30.2 Å². The number of rotatable bonds is 6. The van der Waals surface area contributed by atoms with Crippen molar-refractivity contribution in [1.29, 1.82) is 0 Å². The number of carboxylic acid groups (broad SMARTS) is 1. The Morgan fingerprint density at radius 2 is 2.11 bits per heavy atom. The minimum Gasteiger partial charge on any atom is -0.478 e. The summed E-state index contributed by atoms with van der Waals surface area (Å²) in [6.45, 7) is 2.81. The van der Waals surface area contributed by atoms with E-state index in [2.05, 4.69) is 6.92 Å². The van der Waals surface area contributed by atoms with E-state index in [1.54, 1.807) is 36.2 Å². The molecule has 0 saturated heterocycles. The summed E-state index contributed by atoms with van der Waals surface area (Å²) in [6, 6.07) is 6.96. The molecule has 4 heteroatoms. The molecule has 0 radical (unpaired) electrons. The van der Waals surface area contributed by atoms with Gasteiger partial charge in [-0.2, -0.15) is 0 Å². The fraction of sp³-hybridized carbons (Fsp3) is 0.333. The summed E-state index contributed by atoms with van der Waals surface area (Å²) >= 11 is 0. The first-order valence-corrected chi connectivity index (χ1v) is 6.31. The van der Waals surface area contributed by atoms with Crippen LogP contribution in [0.5, 0.6) is 0 Å². The van der Waals surface area contributed by atoms with Crippen molar-refractivity contribution in [3.63, 3.8) is 0 Å². The van der Waals surface area contributed by atoms with Gasteiger partial charge >= 0.3 is 5.97 Å². The van der Waals surface area contributed by atoms with Crippen molar-refractivity contribution in [2.24, 2.45) is 0 Å². The lowest BCUT2D eigenvalue weighted by Crippen LogP contribution is -2.27. The maximum absolute atomic E-state index is 12.1. The lowest BCUT2D eigenvalue weighted by atomic mass is 10.1. The maximum atomic E-state index is 12.1. The third-order valence-electron chi connectivity index (χ3n) is 2.75. The lowest BCUT2D eigenvalue weighted by molar-refractivity contribution is -0.131. The van der Waals surface area contributed by atoms with Gasteiger partial charge in [0.25, 0.3) is 5.91 Å². The van der Waals surface area contributed by atoms with Gasteiger partial charge in [0.15, 0.2) is 0 Å². The van der Waals surface area contributed by atoms with Crippen LogP contribution in [0.3, 0.4) is 0 Å². The molecule has 0 unspecified atom stereocenters. The maximum Gasteiger partial charge on any atom is 0.328 e. The average molecular weight is 261 g/mol. The fourth-order valence-electron chi connectivity index (χ4n) is 1.66. The van der Waals surface area contributed by atoms with Crippen LogP contribution in [0.1, 0.15) is 35.7 Å². The number of carbonyl (C=O) groups excluding carboxylic acids is 1. The van der Waals surface area contributed by atoms with Crippen LogP contribution in [0, 0.1) is 0 Å². The van der Waals surface area contributed by atoms with Gasteiger partial charge in [0, 0.05) is 25.2 Å². The van der Waals surface area contributed by atoms with E-state index in [1.807, 2.05) is 0 Å². The fourth-order valence-corrected chi connectivity index (χ4v) is 1.66. The highest BCUT2D eigenvalue weighted by Crippen LogP contribution is 2.10. The number of benzene rings is 1. The van der Waals surface area contributed by atoms with Gasteiger partial charge in [0.1, 0.15) is 0 Å². The largest absolute Gasteiger partial charge is 0.478 e. The number of carboxylic acids is 1. The Kier molecular flexibility index (Phi) is 5.79. The van der Waals surface area contributed by atoms with Crippen molar-refractivity contribution in [3.05, 3.63) is 41.5 Å². The van der Waals surface area contributed by atoms with Gasteiger partial charge in [-0.3, -0.25) is 4.79 Å². The van der Waals surface area contributed by atoms with Crippen LogP contribution in [0.4, 0.5) is 0 Å². The van der Waals surface area contributed by atoms with Crippen LogP contribution < -0.4 is 0 Å². The molecule has 0 heterocycles. The van der Waals surface area contributed by atoms with Gasteiger partial charge in [-0.1, -0.05) is 25.5 Å². The summed E-state index contributed by atoms with van der Waals surface area (Å²) in [6.07, 6.45) is 4.55. The van der Waals surface area contributed by atoms with E-state index in [4.69, 9.17) is 5.11 Å². The number of unbranched alkanes of at least 4 members (excludes halogenated alkanes) is 1. The molecule has 0 spiro atoms. The second-order valence-corrected chi connectivity index (χ2v) is 4.38. The van der Waals surface area contributed by atoms with Crippen molar-refractivity contribution in [3.8, 4) is 0 Å². The number of nitrogens with zero attached hydrogens (tertiary/aromatic N) is 1. The molecule has 1 rings (SSSR count). The van der Waals surface area contributed by atoms with Crippen molar-refractivity contribution in [2.45, 2.75) is 19.8 Å². The zero-order valence-corrected chi connectivity index (χ0v) is 11.3. The van der Waals surface area contributed by atoms with Crippen molar-refractivity contribution in [1.82, 2.24) is 4.90 Å². The summed E-state index contributed by atoms with van der Waals surface area (Å²) in [7, 11) is 1.78. The Bertz CT molecular complexity index is 480. The molecule has 102 valence electrons. The molecule has 0 aromatic heterocycles. The number of aliphatic carboxylic acids is 1. The Labute approximate surface area is 113 Å². The van der Waals surface area contributed by atoms with Crippen molar-refractivity contribution >= 4 is 18.0 Å². The standard InChI is InChI=1S/C15H19NO3/c1-3-4-10-16(2)15(19)13-7-5-6-12(11-13)8-9-14(17)18/h5-9,11H,3-4,10H2,1-2H3,(H,17,18). The normalized spacial score (nSPS) is 10.6. The second kappa shape index (κ2) is 7.36. The van der Waals surface area contributed by atoms with E-state index >= 15 is 0 Å². The molecule has 4 nitrogen and oxygen atoms in total. The molecule has 19 heavy (non-hydrogen) atoms. The first kappa shape index (κ1) is 15.0. The smallest absolute Gasteiger partial charge is 0.328 e. The molecular weight excluding hydrogens is 242 g/mol.